The van der Waals surface area contributed by atoms with E-state index >= 15 is 0 Å². The first-order chi connectivity index (χ1) is 15.6. The number of rotatable bonds is 17. The van der Waals surface area contributed by atoms with E-state index in [4.69, 9.17) is 15.0 Å². The zero-order valence-electron chi connectivity index (χ0n) is 19.6. The molecule has 0 saturated carbocycles. The lowest BCUT2D eigenvalue weighted by molar-refractivity contribution is 0.0251. The van der Waals surface area contributed by atoms with Crippen LogP contribution in [0.2, 0.25) is 0 Å². The fraction of sp³-hybridized carbons (Fsp3) is 0.680. The van der Waals surface area contributed by atoms with Crippen LogP contribution in [0.3, 0.4) is 0 Å². The van der Waals surface area contributed by atoms with E-state index in [-0.39, 0.29) is 6.61 Å². The summed E-state index contributed by atoms with van der Waals surface area (Å²) in [5.41, 5.74) is 8.78. The number of hydrogen-bond donors (Lipinski definition) is 2. The van der Waals surface area contributed by atoms with Gasteiger partial charge in [-0.1, -0.05) is 75.7 Å². The number of azide groups is 1. The minimum absolute atomic E-state index is 0.0747. The van der Waals surface area contributed by atoms with Crippen molar-refractivity contribution in [1.82, 2.24) is 0 Å². The molecule has 0 bridgehead atoms. The van der Waals surface area contributed by atoms with Crippen LogP contribution < -0.4 is 9.47 Å². The van der Waals surface area contributed by atoms with Crippen molar-refractivity contribution in [2.24, 2.45) is 5.11 Å². The molecule has 0 heterocycles. The van der Waals surface area contributed by atoms with Crippen molar-refractivity contribution in [1.29, 1.82) is 0 Å². The number of methoxy groups -OCH3 is 1. The van der Waals surface area contributed by atoms with E-state index in [2.05, 4.69) is 28.8 Å². The second-order valence-corrected chi connectivity index (χ2v) is 7.95. The van der Waals surface area contributed by atoms with Crippen molar-refractivity contribution in [2.45, 2.75) is 95.8 Å². The van der Waals surface area contributed by atoms with E-state index < -0.39 is 18.2 Å². The zero-order valence-corrected chi connectivity index (χ0v) is 19.6. The maximum atomic E-state index is 10.3. The number of ether oxygens (including phenoxy) is 2. The molecule has 3 atom stereocenters. The van der Waals surface area contributed by atoms with Gasteiger partial charge >= 0.3 is 0 Å². The minimum atomic E-state index is -1.33. The Bertz CT molecular complexity index is 708. The summed E-state index contributed by atoms with van der Waals surface area (Å²) in [5.74, 6) is 6.82. The van der Waals surface area contributed by atoms with Gasteiger partial charge in [0.1, 0.15) is 29.7 Å². The van der Waals surface area contributed by atoms with Crippen LogP contribution in [-0.2, 0) is 0 Å². The van der Waals surface area contributed by atoms with E-state index in [1.165, 1.54) is 51.4 Å². The van der Waals surface area contributed by atoms with Crippen molar-refractivity contribution >= 4 is 0 Å². The van der Waals surface area contributed by atoms with Crippen molar-refractivity contribution < 1.29 is 19.7 Å². The Morgan fingerprint density at radius 1 is 0.938 bits per heavy atom. The highest BCUT2D eigenvalue weighted by Crippen LogP contribution is 2.18. The average Bonchev–Trinajstić information content (AvgIpc) is 2.82. The summed E-state index contributed by atoms with van der Waals surface area (Å²) in [5, 5.41) is 24.0. The molecule has 32 heavy (non-hydrogen) atoms. The number of benzene rings is 1. The van der Waals surface area contributed by atoms with Crippen molar-refractivity contribution in [3.63, 3.8) is 0 Å². The second-order valence-electron chi connectivity index (χ2n) is 7.95. The predicted octanol–water partition coefficient (Wildman–Crippen LogP) is 5.79. The summed E-state index contributed by atoms with van der Waals surface area (Å²) in [6, 6.07) is 5.94. The molecule has 7 heteroatoms. The standard InChI is InChI=1S/C25H39N3O4/c1-3-4-5-6-7-8-9-10-11-12-13-14-15-24(29)25(30)23(27-28-26)20-32-22-18-16-21(31-2)17-19-22/h16-19,23-25,29-30H,3-13,20H2,1-2H3/t23-,24+,25-/m0/s1. The van der Waals surface area contributed by atoms with Crippen LogP contribution in [0.4, 0.5) is 0 Å². The molecule has 1 rings (SSSR count). The first kappa shape index (κ1) is 27.6. The largest absolute Gasteiger partial charge is 0.497 e. The summed E-state index contributed by atoms with van der Waals surface area (Å²) < 4.78 is 10.7. The summed E-state index contributed by atoms with van der Waals surface area (Å²) >= 11 is 0. The third-order valence-corrected chi connectivity index (χ3v) is 5.30. The summed E-state index contributed by atoms with van der Waals surface area (Å²) in [6.45, 7) is 2.16. The van der Waals surface area contributed by atoms with E-state index in [1.807, 2.05) is 0 Å². The number of nitrogens with zero attached hydrogens (tertiary/aromatic N) is 3. The molecule has 0 fully saturated rings. The molecule has 1 aromatic carbocycles. The molecule has 0 aliphatic rings. The predicted molar refractivity (Wildman–Crippen MR) is 128 cm³/mol. The molecule has 2 N–H and O–H groups in total. The Hall–Kier alpha value is -2.39. The van der Waals surface area contributed by atoms with Crippen LogP contribution in [0.15, 0.2) is 29.4 Å². The number of unbranched alkanes of at least 4 members (excludes halogenated alkanes) is 10. The van der Waals surface area contributed by atoms with Gasteiger partial charge in [0, 0.05) is 11.3 Å². The Balaban J connectivity index is 2.28. The highest BCUT2D eigenvalue weighted by atomic mass is 16.5. The molecule has 0 aromatic heterocycles. The van der Waals surface area contributed by atoms with Crippen LogP contribution in [-0.4, -0.2) is 42.2 Å². The van der Waals surface area contributed by atoms with Gasteiger partial charge in [-0.15, -0.1) is 5.92 Å². The van der Waals surface area contributed by atoms with Crippen LogP contribution in [0.5, 0.6) is 11.5 Å². The molecule has 0 aliphatic heterocycles. The smallest absolute Gasteiger partial charge is 0.141 e. The van der Waals surface area contributed by atoms with Crippen molar-refractivity contribution in [2.75, 3.05) is 13.7 Å². The Morgan fingerprint density at radius 3 is 2.06 bits per heavy atom. The monoisotopic (exact) mass is 445 g/mol. The van der Waals surface area contributed by atoms with Gasteiger partial charge in [-0.3, -0.25) is 0 Å². The van der Waals surface area contributed by atoms with Crippen LogP contribution >= 0.6 is 0 Å². The molecule has 0 amide bonds. The van der Waals surface area contributed by atoms with E-state index in [9.17, 15) is 10.2 Å². The van der Waals surface area contributed by atoms with Crippen LogP contribution in [0.25, 0.3) is 10.4 Å². The summed E-state index contributed by atoms with van der Waals surface area (Å²) in [7, 11) is 1.57. The molecule has 0 saturated heterocycles. The van der Waals surface area contributed by atoms with Crippen molar-refractivity contribution in [3.8, 4) is 23.3 Å². The summed E-state index contributed by atoms with van der Waals surface area (Å²) in [6.07, 6.45) is 10.6. The number of aliphatic hydroxyl groups is 2. The third-order valence-electron chi connectivity index (χ3n) is 5.30. The van der Waals surface area contributed by atoms with Gasteiger partial charge in [0.25, 0.3) is 0 Å². The molecule has 7 nitrogen and oxygen atoms in total. The Kier molecular flexibility index (Phi) is 15.7. The molecule has 1 aromatic rings. The maximum Gasteiger partial charge on any atom is 0.141 e. The van der Waals surface area contributed by atoms with E-state index in [0.717, 1.165) is 12.8 Å². The SMILES string of the molecule is CCCCCCCCCCCCC#C[C@@H](O)[C@@H](O)[C@H](COc1ccc(OC)cc1)N=[N+]=[N-]. The minimum Gasteiger partial charge on any atom is -0.497 e. The number of aliphatic hydroxyl groups excluding tert-OH is 2. The molecule has 0 aliphatic carbocycles. The fourth-order valence-electron chi connectivity index (χ4n) is 3.29. The lowest BCUT2D eigenvalue weighted by Gasteiger charge is -2.20. The first-order valence-corrected chi connectivity index (χ1v) is 11.8. The molecule has 0 radical (unpaired) electrons. The third kappa shape index (κ3) is 12.5. The Labute approximate surface area is 192 Å². The lowest BCUT2D eigenvalue weighted by atomic mass is 10.1. The van der Waals surface area contributed by atoms with Gasteiger partial charge in [0.2, 0.25) is 0 Å². The maximum absolute atomic E-state index is 10.3. The van der Waals surface area contributed by atoms with Crippen molar-refractivity contribution in [3.05, 3.63) is 34.7 Å². The van der Waals surface area contributed by atoms with E-state index in [1.54, 1.807) is 31.4 Å². The van der Waals surface area contributed by atoms with Gasteiger partial charge in [0.05, 0.1) is 13.7 Å². The van der Waals surface area contributed by atoms with Gasteiger partial charge in [-0.05, 0) is 36.2 Å². The van der Waals surface area contributed by atoms with Gasteiger partial charge in [0.15, 0.2) is 0 Å². The van der Waals surface area contributed by atoms with Gasteiger partial charge in [-0.25, -0.2) is 0 Å². The van der Waals surface area contributed by atoms with Crippen LogP contribution in [0.1, 0.15) is 77.6 Å². The highest BCUT2D eigenvalue weighted by molar-refractivity contribution is 5.31. The Morgan fingerprint density at radius 2 is 1.50 bits per heavy atom. The molecule has 0 spiro atoms. The lowest BCUT2D eigenvalue weighted by Crippen LogP contribution is -2.38. The normalized spacial score (nSPS) is 13.2. The zero-order chi connectivity index (χ0) is 23.4. The van der Waals surface area contributed by atoms with E-state index in [0.29, 0.717) is 17.9 Å². The fourth-order valence-corrected chi connectivity index (χ4v) is 3.29. The van der Waals surface area contributed by atoms with Gasteiger partial charge in [-0.2, -0.15) is 0 Å². The quantitative estimate of drug-likeness (QED) is 0.104. The topological polar surface area (TPSA) is 108 Å². The first-order valence-electron chi connectivity index (χ1n) is 11.8. The highest BCUT2D eigenvalue weighted by Gasteiger charge is 2.25. The molecule has 178 valence electrons. The number of hydrogen-bond acceptors (Lipinski definition) is 5. The average molecular weight is 446 g/mol. The molecule has 0 unspecified atom stereocenters. The summed E-state index contributed by atoms with van der Waals surface area (Å²) in [4.78, 5) is 2.75. The molecular formula is C25H39N3O4. The van der Waals surface area contributed by atoms with Crippen LogP contribution in [0, 0.1) is 11.8 Å². The van der Waals surface area contributed by atoms with Gasteiger partial charge < -0.3 is 19.7 Å². The molecular weight excluding hydrogens is 406 g/mol. The second kappa shape index (κ2) is 18.2.